The average molecular weight is 866 g/mol. The molecule has 6 rings (SSSR count). The molecule has 5 aromatic rings. The second kappa shape index (κ2) is 24.8. The standard InChI is InChI=1S/C32H29ClF3N3OS2.C11H17NS.C3H6/c33-25-9-5-22(6-10-25)28-4-2-1-3-24(28)19-21-15-17-39(18-16-21)26-11-7-23(8-12-26)31(40)38-42-27-13-14-29(37)30(20-27)41-32(34,35)36;1-12-9-5-6-10-13-11-7-3-2-4-8-11;1-3-2/h1-14,20-21H,15-19,37H2,(H,38,40);2-4,7-8,12H,5-6,9-10H2,1H3;3H,1H2,2H3. The highest BCUT2D eigenvalue weighted by molar-refractivity contribution is 8.00. The third-order valence-corrected chi connectivity index (χ3v) is 12.0. The molecule has 0 aliphatic carbocycles. The van der Waals surface area contributed by atoms with Gasteiger partial charge in [0.05, 0.1) is 0 Å². The van der Waals surface area contributed by atoms with Gasteiger partial charge in [-0.15, -0.1) is 18.3 Å². The number of halogens is 4. The predicted octanol–water partition coefficient (Wildman–Crippen LogP) is 13.1. The number of nitrogens with zero attached hydrogens (tertiary/aromatic N) is 1. The zero-order valence-electron chi connectivity index (χ0n) is 32.9. The number of hydrogen-bond donors (Lipinski definition) is 3. The number of benzene rings is 5. The quantitative estimate of drug-likeness (QED) is 0.0338. The molecule has 58 heavy (non-hydrogen) atoms. The van der Waals surface area contributed by atoms with Crippen LogP contribution < -0.4 is 20.7 Å². The highest BCUT2D eigenvalue weighted by Crippen LogP contribution is 2.41. The first-order valence-corrected chi connectivity index (χ1v) is 22.2. The Morgan fingerprint density at radius 1 is 0.897 bits per heavy atom. The minimum absolute atomic E-state index is 0.0374. The van der Waals surface area contributed by atoms with Gasteiger partial charge in [0.1, 0.15) is 0 Å². The first kappa shape index (κ1) is 46.7. The molecule has 5 nitrogen and oxygen atoms in total. The number of alkyl halides is 3. The van der Waals surface area contributed by atoms with E-state index in [9.17, 15) is 18.0 Å². The fourth-order valence-electron chi connectivity index (χ4n) is 6.21. The molecule has 0 atom stereocenters. The topological polar surface area (TPSA) is 70.4 Å². The summed E-state index contributed by atoms with van der Waals surface area (Å²) in [6.07, 6.45) is 7.48. The SMILES string of the molecule is C=CC.CNCCCCSc1ccccc1.Nc1ccc(SNC(=O)c2ccc(N3CCC(Cc4ccccc4-c4ccc(Cl)cc4)CC3)cc2)cc1SC(F)(F)F. The van der Waals surface area contributed by atoms with Crippen molar-refractivity contribution < 1.29 is 18.0 Å². The van der Waals surface area contributed by atoms with Gasteiger partial charge in [-0.3, -0.25) is 9.52 Å². The van der Waals surface area contributed by atoms with Crippen molar-refractivity contribution in [3.63, 3.8) is 0 Å². The largest absolute Gasteiger partial charge is 0.446 e. The monoisotopic (exact) mass is 864 g/mol. The number of anilines is 2. The van der Waals surface area contributed by atoms with Crippen LogP contribution in [0.2, 0.25) is 5.02 Å². The Morgan fingerprint density at radius 2 is 1.55 bits per heavy atom. The van der Waals surface area contributed by atoms with Crippen molar-refractivity contribution in [1.29, 1.82) is 0 Å². The van der Waals surface area contributed by atoms with Crippen molar-refractivity contribution in [2.75, 3.05) is 43.1 Å². The van der Waals surface area contributed by atoms with Crippen LogP contribution in [0, 0.1) is 5.92 Å². The zero-order valence-corrected chi connectivity index (χ0v) is 36.1. The van der Waals surface area contributed by atoms with E-state index in [0.717, 1.165) is 61.6 Å². The van der Waals surface area contributed by atoms with Gasteiger partial charge in [-0.25, -0.2) is 0 Å². The van der Waals surface area contributed by atoms with Crippen molar-refractivity contribution in [2.24, 2.45) is 5.92 Å². The number of carbonyl (C=O) groups is 1. The second-order valence-corrected chi connectivity index (χ2v) is 17.1. The number of piperidine rings is 1. The van der Waals surface area contributed by atoms with Crippen molar-refractivity contribution in [1.82, 2.24) is 10.0 Å². The molecule has 0 spiro atoms. The Kier molecular flexibility index (Phi) is 20.0. The fraction of sp³-hybridized carbons (Fsp3) is 0.283. The summed E-state index contributed by atoms with van der Waals surface area (Å²) in [6, 6.07) is 38.9. The van der Waals surface area contributed by atoms with Crippen LogP contribution in [-0.4, -0.2) is 43.9 Å². The Hall–Kier alpha value is -4.00. The van der Waals surface area contributed by atoms with Gasteiger partial charge in [0.15, 0.2) is 0 Å². The molecule has 0 unspecified atom stereocenters. The molecule has 0 saturated carbocycles. The summed E-state index contributed by atoms with van der Waals surface area (Å²) in [4.78, 5) is 16.8. The molecule has 1 aliphatic heterocycles. The van der Waals surface area contributed by atoms with Crippen LogP contribution in [-0.2, 0) is 6.42 Å². The van der Waals surface area contributed by atoms with E-state index >= 15 is 0 Å². The van der Waals surface area contributed by atoms with Gasteiger partial charge < -0.3 is 16.0 Å². The average Bonchev–Trinajstić information content (AvgIpc) is 3.22. The van der Waals surface area contributed by atoms with E-state index in [2.05, 4.69) is 88.2 Å². The number of thioether (sulfide) groups is 2. The Balaban J connectivity index is 0.000000390. The van der Waals surface area contributed by atoms with Crippen LogP contribution >= 0.6 is 47.1 Å². The minimum atomic E-state index is -4.44. The lowest BCUT2D eigenvalue weighted by Gasteiger charge is -2.34. The van der Waals surface area contributed by atoms with E-state index in [0.29, 0.717) is 16.4 Å². The molecule has 5 aromatic carbocycles. The predicted molar refractivity (Wildman–Crippen MR) is 244 cm³/mol. The van der Waals surface area contributed by atoms with E-state index in [1.165, 1.54) is 52.3 Å². The highest BCUT2D eigenvalue weighted by atomic mass is 35.5. The number of amides is 1. The molecule has 308 valence electrons. The Bertz CT molecular complexity index is 1980. The third-order valence-electron chi connectivity index (χ3n) is 9.10. The third kappa shape index (κ3) is 16.3. The number of unbranched alkanes of at least 4 members (excludes halogenated alkanes) is 1. The zero-order chi connectivity index (χ0) is 41.8. The maximum Gasteiger partial charge on any atom is 0.446 e. The summed E-state index contributed by atoms with van der Waals surface area (Å²) in [6.45, 7) is 8.25. The smallest absolute Gasteiger partial charge is 0.398 e. The molecular weight excluding hydrogens is 813 g/mol. The number of allylic oxidation sites excluding steroid dienone is 1. The van der Waals surface area contributed by atoms with Crippen LogP contribution in [0.15, 0.2) is 149 Å². The lowest BCUT2D eigenvalue weighted by Crippen LogP contribution is -2.34. The molecular formula is C46H52ClF3N4OS3. The summed E-state index contributed by atoms with van der Waals surface area (Å²) in [5.74, 6) is 1.48. The lowest BCUT2D eigenvalue weighted by atomic mass is 9.87. The molecule has 12 heteroatoms. The number of carbonyl (C=O) groups excluding carboxylic acids is 1. The molecule has 1 fully saturated rings. The van der Waals surface area contributed by atoms with Crippen molar-refractivity contribution in [2.45, 2.75) is 59.2 Å². The molecule has 1 heterocycles. The molecule has 1 amide bonds. The molecule has 0 radical (unpaired) electrons. The van der Waals surface area contributed by atoms with Gasteiger partial charge in [0.25, 0.3) is 5.91 Å². The summed E-state index contributed by atoms with van der Waals surface area (Å²) >= 11 is 8.71. The van der Waals surface area contributed by atoms with Gasteiger partial charge >= 0.3 is 5.51 Å². The number of hydrogen-bond acceptors (Lipinski definition) is 7. The highest BCUT2D eigenvalue weighted by Gasteiger charge is 2.30. The molecule has 4 N–H and O–H groups in total. The lowest BCUT2D eigenvalue weighted by molar-refractivity contribution is -0.0328. The number of nitrogens with one attached hydrogen (secondary N) is 2. The summed E-state index contributed by atoms with van der Waals surface area (Å²) in [5.41, 5.74) is 6.57. The van der Waals surface area contributed by atoms with E-state index < -0.39 is 5.51 Å². The maximum atomic E-state index is 12.8. The Labute approximate surface area is 359 Å². The van der Waals surface area contributed by atoms with Gasteiger partial charge in [0, 0.05) is 49.7 Å². The number of rotatable bonds is 14. The first-order valence-electron chi connectivity index (χ1n) is 19.2. The summed E-state index contributed by atoms with van der Waals surface area (Å²) in [7, 11) is 2.00. The van der Waals surface area contributed by atoms with E-state index in [4.69, 9.17) is 17.3 Å². The number of nitrogens with two attached hydrogens (primary N) is 1. The van der Waals surface area contributed by atoms with Gasteiger partial charge in [0.2, 0.25) is 0 Å². The molecule has 0 bridgehead atoms. The van der Waals surface area contributed by atoms with Crippen LogP contribution in [0.25, 0.3) is 11.1 Å². The first-order chi connectivity index (χ1) is 28.0. The Morgan fingerprint density at radius 3 is 2.21 bits per heavy atom. The van der Waals surface area contributed by atoms with Gasteiger partial charge in [-0.1, -0.05) is 72.3 Å². The van der Waals surface area contributed by atoms with Gasteiger partial charge in [-0.2, -0.15) is 13.2 Å². The number of nitrogen functional groups attached to an aromatic ring is 1. The molecule has 1 saturated heterocycles. The minimum Gasteiger partial charge on any atom is -0.398 e. The fourth-order valence-corrected chi connectivity index (χ4v) is 8.60. The van der Waals surface area contributed by atoms with E-state index in [1.807, 2.05) is 50.0 Å². The summed E-state index contributed by atoms with van der Waals surface area (Å²) in [5, 5.41) is 3.89. The van der Waals surface area contributed by atoms with Crippen molar-refractivity contribution in [3.8, 4) is 11.1 Å². The van der Waals surface area contributed by atoms with Gasteiger partial charge in [-0.05, 0) is 171 Å². The molecule has 0 aromatic heterocycles. The van der Waals surface area contributed by atoms with E-state index in [-0.39, 0.29) is 28.3 Å². The van der Waals surface area contributed by atoms with Crippen LogP contribution in [0.5, 0.6) is 0 Å². The van der Waals surface area contributed by atoms with E-state index in [1.54, 1.807) is 24.3 Å². The maximum absolute atomic E-state index is 12.8. The van der Waals surface area contributed by atoms with Crippen LogP contribution in [0.3, 0.4) is 0 Å². The van der Waals surface area contributed by atoms with Crippen molar-refractivity contribution in [3.05, 3.63) is 150 Å². The normalized spacial score (nSPS) is 12.8. The summed E-state index contributed by atoms with van der Waals surface area (Å²) < 4.78 is 41.0. The van der Waals surface area contributed by atoms with Crippen LogP contribution in [0.4, 0.5) is 24.5 Å². The van der Waals surface area contributed by atoms with Crippen LogP contribution in [0.1, 0.15) is 48.5 Å². The second-order valence-electron chi connectivity index (χ2n) is 13.5. The van der Waals surface area contributed by atoms with Crippen molar-refractivity contribution >= 4 is 64.4 Å². The molecule has 1 aliphatic rings.